The minimum absolute atomic E-state index is 0.0731. The van der Waals surface area contributed by atoms with Crippen LogP contribution in [0, 0.1) is 10.1 Å². The first-order chi connectivity index (χ1) is 9.92. The summed E-state index contributed by atoms with van der Waals surface area (Å²) < 4.78 is 0. The minimum Gasteiger partial charge on any atom is -0.392 e. The molecule has 0 aromatic heterocycles. The molecule has 1 fully saturated rings. The Kier molecular flexibility index (Phi) is 4.59. The second-order valence-electron chi connectivity index (χ2n) is 4.67. The van der Waals surface area contributed by atoms with Crippen LogP contribution in [0.5, 0.6) is 0 Å². The Hall–Kier alpha value is -1.93. The Bertz CT molecular complexity index is 604. The molecule has 1 aromatic carbocycles. The first-order valence-corrected chi connectivity index (χ1v) is 7.16. The zero-order valence-electron chi connectivity index (χ0n) is 11.3. The van der Waals surface area contributed by atoms with Crippen molar-refractivity contribution in [1.82, 2.24) is 0 Å². The highest BCUT2D eigenvalue weighted by Gasteiger charge is 2.33. The van der Waals surface area contributed by atoms with E-state index < -0.39 is 4.92 Å². The van der Waals surface area contributed by atoms with Crippen molar-refractivity contribution in [1.29, 1.82) is 0 Å². The van der Waals surface area contributed by atoms with Gasteiger partial charge in [-0.3, -0.25) is 19.7 Å². The smallest absolute Gasteiger partial charge is 0.271 e. The van der Waals surface area contributed by atoms with E-state index in [0.717, 1.165) is 11.8 Å². The Morgan fingerprint density at radius 1 is 1.57 bits per heavy atom. The minimum atomic E-state index is -0.549. The van der Waals surface area contributed by atoms with Gasteiger partial charge in [0.2, 0.25) is 5.91 Å². The van der Waals surface area contributed by atoms with Crippen molar-refractivity contribution in [2.75, 3.05) is 11.4 Å². The highest BCUT2D eigenvalue weighted by Crippen LogP contribution is 2.33. The van der Waals surface area contributed by atoms with E-state index in [2.05, 4.69) is 0 Å². The van der Waals surface area contributed by atoms with Crippen molar-refractivity contribution < 1.29 is 19.6 Å². The van der Waals surface area contributed by atoms with Gasteiger partial charge in [-0.25, -0.2) is 0 Å². The summed E-state index contributed by atoms with van der Waals surface area (Å²) in [5.74, 6) is -0.205. The Morgan fingerprint density at radius 2 is 2.29 bits per heavy atom. The third-order valence-electron chi connectivity index (χ3n) is 3.16. The second kappa shape index (κ2) is 6.23. The van der Waals surface area contributed by atoms with Gasteiger partial charge in [0.15, 0.2) is 5.12 Å². The summed E-state index contributed by atoms with van der Waals surface area (Å²) in [4.78, 5) is 34.9. The van der Waals surface area contributed by atoms with Crippen LogP contribution in [-0.2, 0) is 16.2 Å². The van der Waals surface area contributed by atoms with Gasteiger partial charge in [0.05, 0.1) is 17.2 Å². The van der Waals surface area contributed by atoms with Crippen LogP contribution in [0.25, 0.3) is 0 Å². The molecule has 0 bridgehead atoms. The van der Waals surface area contributed by atoms with E-state index in [-0.39, 0.29) is 35.0 Å². The van der Waals surface area contributed by atoms with Crippen LogP contribution in [0.4, 0.5) is 11.4 Å². The van der Waals surface area contributed by atoms with Gasteiger partial charge in [-0.05, 0) is 6.07 Å². The summed E-state index contributed by atoms with van der Waals surface area (Å²) in [6.45, 7) is 1.42. The second-order valence-corrected chi connectivity index (χ2v) is 6.15. The summed E-state index contributed by atoms with van der Waals surface area (Å²) >= 11 is 1.09. The standard InChI is InChI=1S/C13H14N2O5S/c1-8(17)21-11-5-13(18)14(6-11)12-4-10(15(19)20)3-2-9(12)7-16/h2-4,11,16H,5-7H2,1H3. The number of hydrogen-bond acceptors (Lipinski definition) is 6. The fraction of sp³-hybridized carbons (Fsp3) is 0.385. The molecule has 2 rings (SSSR count). The number of amides is 1. The predicted molar refractivity (Wildman–Crippen MR) is 78.0 cm³/mol. The van der Waals surface area contributed by atoms with E-state index >= 15 is 0 Å². The quantitative estimate of drug-likeness (QED) is 0.667. The first kappa shape index (κ1) is 15.5. The molecule has 0 radical (unpaired) electrons. The molecule has 1 amide bonds. The zero-order valence-corrected chi connectivity index (χ0v) is 12.1. The third-order valence-corrected chi connectivity index (χ3v) is 4.14. The van der Waals surface area contributed by atoms with Crippen molar-refractivity contribution in [3.63, 3.8) is 0 Å². The zero-order chi connectivity index (χ0) is 15.6. The number of nitro groups is 1. The number of aliphatic hydroxyl groups excluding tert-OH is 1. The molecule has 1 heterocycles. The Morgan fingerprint density at radius 3 is 2.86 bits per heavy atom. The third kappa shape index (κ3) is 3.40. The molecule has 21 heavy (non-hydrogen) atoms. The molecule has 1 aromatic rings. The number of non-ortho nitro benzene ring substituents is 1. The number of nitrogens with zero attached hydrogens (tertiary/aromatic N) is 2. The maximum Gasteiger partial charge on any atom is 0.271 e. The molecule has 7 nitrogen and oxygen atoms in total. The molecule has 1 saturated heterocycles. The molecule has 1 unspecified atom stereocenters. The number of thioether (sulfide) groups is 1. The van der Waals surface area contributed by atoms with Gasteiger partial charge in [0.1, 0.15) is 0 Å². The normalized spacial score (nSPS) is 18.1. The molecular weight excluding hydrogens is 296 g/mol. The first-order valence-electron chi connectivity index (χ1n) is 6.28. The molecule has 0 spiro atoms. The van der Waals surface area contributed by atoms with Crippen LogP contribution < -0.4 is 4.90 Å². The van der Waals surface area contributed by atoms with E-state index in [1.165, 1.54) is 30.0 Å². The summed E-state index contributed by atoms with van der Waals surface area (Å²) in [7, 11) is 0. The topological polar surface area (TPSA) is 101 Å². The lowest BCUT2D eigenvalue weighted by molar-refractivity contribution is -0.384. The van der Waals surface area contributed by atoms with E-state index in [1.54, 1.807) is 0 Å². The lowest BCUT2D eigenvalue weighted by Gasteiger charge is -2.19. The van der Waals surface area contributed by atoms with E-state index in [9.17, 15) is 24.8 Å². The summed E-state index contributed by atoms with van der Waals surface area (Å²) in [5.41, 5.74) is 0.642. The van der Waals surface area contributed by atoms with Crippen molar-refractivity contribution in [2.24, 2.45) is 0 Å². The average molecular weight is 310 g/mol. The van der Waals surface area contributed by atoms with Crippen LogP contribution in [0.1, 0.15) is 18.9 Å². The lowest BCUT2D eigenvalue weighted by Crippen LogP contribution is -2.26. The number of aliphatic hydroxyl groups is 1. The number of hydrogen-bond donors (Lipinski definition) is 1. The summed E-state index contributed by atoms with van der Waals surface area (Å²) in [5, 5.41) is 19.9. The molecule has 1 aliphatic heterocycles. The van der Waals surface area contributed by atoms with Gasteiger partial charge in [0, 0.05) is 42.8 Å². The molecule has 112 valence electrons. The van der Waals surface area contributed by atoms with E-state index in [0.29, 0.717) is 17.8 Å². The lowest BCUT2D eigenvalue weighted by atomic mass is 10.1. The van der Waals surface area contributed by atoms with Crippen LogP contribution in [0.15, 0.2) is 18.2 Å². The van der Waals surface area contributed by atoms with E-state index in [4.69, 9.17) is 0 Å². The molecule has 0 saturated carbocycles. The number of anilines is 1. The molecule has 1 aliphatic rings. The average Bonchev–Trinajstić information content (AvgIpc) is 2.77. The van der Waals surface area contributed by atoms with Gasteiger partial charge in [-0.15, -0.1) is 0 Å². The van der Waals surface area contributed by atoms with E-state index in [1.807, 2.05) is 0 Å². The highest BCUT2D eigenvalue weighted by molar-refractivity contribution is 8.14. The van der Waals surface area contributed by atoms with Gasteiger partial charge < -0.3 is 10.0 Å². The molecular formula is C13H14N2O5S. The van der Waals surface area contributed by atoms with Crippen molar-refractivity contribution in [2.45, 2.75) is 25.2 Å². The maximum atomic E-state index is 12.1. The highest BCUT2D eigenvalue weighted by atomic mass is 32.2. The monoisotopic (exact) mass is 310 g/mol. The molecule has 1 N–H and O–H groups in total. The van der Waals surface area contributed by atoms with Crippen molar-refractivity contribution in [3.8, 4) is 0 Å². The van der Waals surface area contributed by atoms with Gasteiger partial charge >= 0.3 is 0 Å². The predicted octanol–water partition coefficient (Wildman–Crippen LogP) is 1.47. The summed E-state index contributed by atoms with van der Waals surface area (Å²) in [6.07, 6.45) is 0.206. The fourth-order valence-electron chi connectivity index (χ4n) is 2.27. The number of rotatable bonds is 4. The fourth-order valence-corrected chi connectivity index (χ4v) is 3.19. The largest absolute Gasteiger partial charge is 0.392 e. The van der Waals surface area contributed by atoms with Crippen molar-refractivity contribution >= 4 is 34.2 Å². The number of carbonyl (C=O) groups excluding carboxylic acids is 2. The van der Waals surface area contributed by atoms with Crippen LogP contribution in [0.2, 0.25) is 0 Å². The SMILES string of the molecule is CC(=O)SC1CC(=O)N(c2cc([N+](=O)[O-])ccc2CO)C1. The number of benzene rings is 1. The Balaban J connectivity index is 2.32. The molecule has 0 aliphatic carbocycles. The van der Waals surface area contributed by atoms with Crippen LogP contribution >= 0.6 is 11.8 Å². The van der Waals surface area contributed by atoms with Crippen molar-refractivity contribution in [3.05, 3.63) is 33.9 Å². The Labute approximate surface area is 125 Å². The molecule has 8 heteroatoms. The van der Waals surface area contributed by atoms with Crippen LogP contribution in [0.3, 0.4) is 0 Å². The maximum absolute atomic E-state index is 12.1. The number of carbonyl (C=O) groups is 2. The van der Waals surface area contributed by atoms with Gasteiger partial charge in [-0.2, -0.15) is 0 Å². The van der Waals surface area contributed by atoms with Gasteiger partial charge in [0.25, 0.3) is 5.69 Å². The van der Waals surface area contributed by atoms with Gasteiger partial charge in [-0.1, -0.05) is 11.8 Å². The molecule has 1 atom stereocenters. The van der Waals surface area contributed by atoms with Crippen LogP contribution in [-0.4, -0.2) is 32.8 Å². The number of nitro benzene ring substituents is 1. The summed E-state index contributed by atoms with van der Waals surface area (Å²) in [6, 6.07) is 4.01.